The van der Waals surface area contributed by atoms with Gasteiger partial charge in [-0.3, -0.25) is 10.1 Å². The van der Waals surface area contributed by atoms with Crippen LogP contribution < -0.4 is 0 Å². The molecule has 0 spiro atoms. The Hall–Kier alpha value is -2.43. The van der Waals surface area contributed by atoms with Gasteiger partial charge in [-0.15, -0.1) is 10.1 Å². The molecule has 0 aliphatic carbocycles. The molecule has 0 amide bonds. The van der Waals surface area contributed by atoms with Crippen LogP contribution in [0.1, 0.15) is 5.56 Å². The first-order valence-corrected chi connectivity index (χ1v) is 8.53. The summed E-state index contributed by atoms with van der Waals surface area (Å²) in [6.45, 7) is 1.39. The first-order valence-electron chi connectivity index (χ1n) is 6.36. The number of nitro benzene ring substituents is 1. The van der Waals surface area contributed by atoms with Crippen molar-refractivity contribution in [1.82, 2.24) is 0 Å². The standard InChI is InChI=1S/C13H8Cl2N2O7S/c1-7-4-8(2-3-13(7)25(22,23)24-17(20)21)9-5-12(16(18)19)11(15)6-10(9)14/h2-6H,1H3. The van der Waals surface area contributed by atoms with Crippen LogP contribution in [0.15, 0.2) is 35.2 Å². The monoisotopic (exact) mass is 406 g/mol. The zero-order valence-corrected chi connectivity index (χ0v) is 14.6. The minimum atomic E-state index is -4.59. The van der Waals surface area contributed by atoms with E-state index in [1.54, 1.807) is 0 Å². The first-order chi connectivity index (χ1) is 11.5. The van der Waals surface area contributed by atoms with E-state index in [2.05, 4.69) is 4.28 Å². The van der Waals surface area contributed by atoms with E-state index in [0.29, 0.717) is 5.56 Å². The summed E-state index contributed by atoms with van der Waals surface area (Å²) in [4.78, 5) is 20.2. The zero-order valence-electron chi connectivity index (χ0n) is 12.3. The number of nitrogens with zero attached hydrogens (tertiary/aromatic N) is 2. The molecule has 0 saturated carbocycles. The highest BCUT2D eigenvalue weighted by Gasteiger charge is 2.23. The summed E-state index contributed by atoms with van der Waals surface area (Å²) in [5.41, 5.74) is 0.377. The lowest BCUT2D eigenvalue weighted by Crippen LogP contribution is -2.12. The van der Waals surface area contributed by atoms with Crippen LogP contribution in [-0.4, -0.2) is 18.4 Å². The smallest absolute Gasteiger partial charge is 0.258 e. The van der Waals surface area contributed by atoms with Gasteiger partial charge in [0.2, 0.25) is 0 Å². The van der Waals surface area contributed by atoms with Crippen molar-refractivity contribution in [2.75, 3.05) is 0 Å². The normalized spacial score (nSPS) is 11.2. The molecule has 2 aromatic rings. The topological polar surface area (TPSA) is 130 Å². The van der Waals surface area contributed by atoms with Crippen LogP contribution in [-0.2, 0) is 14.4 Å². The Labute approximate surface area is 151 Å². The van der Waals surface area contributed by atoms with E-state index in [1.807, 2.05) is 0 Å². The number of nitro groups is 1. The van der Waals surface area contributed by atoms with Crippen LogP contribution in [0.25, 0.3) is 11.1 Å². The van der Waals surface area contributed by atoms with Crippen molar-refractivity contribution >= 4 is 39.0 Å². The lowest BCUT2D eigenvalue weighted by molar-refractivity contribution is -0.711. The van der Waals surface area contributed by atoms with Crippen LogP contribution in [0.2, 0.25) is 10.0 Å². The highest BCUT2D eigenvalue weighted by molar-refractivity contribution is 7.86. The predicted octanol–water partition coefficient (Wildman–Crippen LogP) is 3.77. The molecule has 0 bridgehead atoms. The average Bonchev–Trinajstić information content (AvgIpc) is 2.44. The SMILES string of the molecule is Cc1cc(-c2cc([N+](=O)[O-])c(Cl)cc2Cl)ccc1S(=O)(=O)O[N+](=O)[O-]. The summed E-state index contributed by atoms with van der Waals surface area (Å²) in [5, 5.41) is 19.8. The molecular weight excluding hydrogens is 399 g/mol. The van der Waals surface area contributed by atoms with Crippen LogP contribution in [0.4, 0.5) is 5.69 Å². The second-order valence-corrected chi connectivity index (χ2v) is 7.08. The third-order valence-corrected chi connectivity index (χ3v) is 5.08. The fourth-order valence-electron chi connectivity index (χ4n) is 2.12. The van der Waals surface area contributed by atoms with Gasteiger partial charge in [-0.25, -0.2) is 0 Å². The Bertz CT molecular complexity index is 992. The second kappa shape index (κ2) is 6.82. The summed E-state index contributed by atoms with van der Waals surface area (Å²) in [6.07, 6.45) is 0. The highest BCUT2D eigenvalue weighted by atomic mass is 35.5. The zero-order chi connectivity index (χ0) is 18.9. The van der Waals surface area contributed by atoms with E-state index in [0.717, 1.165) is 12.1 Å². The summed E-state index contributed by atoms with van der Waals surface area (Å²) < 4.78 is 27.2. The van der Waals surface area contributed by atoms with Crippen LogP contribution >= 0.6 is 23.2 Å². The van der Waals surface area contributed by atoms with Gasteiger partial charge in [0.05, 0.1) is 14.8 Å². The van der Waals surface area contributed by atoms with Gasteiger partial charge < -0.3 is 0 Å². The molecule has 132 valence electrons. The first kappa shape index (κ1) is 18.9. The van der Waals surface area contributed by atoms with Crippen LogP contribution in [0.3, 0.4) is 0 Å². The second-order valence-electron chi connectivity index (χ2n) is 4.77. The van der Waals surface area contributed by atoms with Crippen molar-refractivity contribution < 1.29 is 22.7 Å². The number of hydrogen-bond donors (Lipinski definition) is 0. The van der Waals surface area contributed by atoms with Crippen LogP contribution in [0, 0.1) is 27.2 Å². The average molecular weight is 407 g/mol. The molecule has 25 heavy (non-hydrogen) atoms. The van der Waals surface area contributed by atoms with Crippen LogP contribution in [0.5, 0.6) is 0 Å². The van der Waals surface area contributed by atoms with Gasteiger partial charge in [0.15, 0.2) is 0 Å². The molecule has 0 radical (unpaired) electrons. The summed E-state index contributed by atoms with van der Waals surface area (Å²) in [6, 6.07) is 6.09. The van der Waals surface area contributed by atoms with Crippen molar-refractivity contribution in [3.8, 4) is 11.1 Å². The molecule has 0 N–H and O–H groups in total. The molecule has 9 nitrogen and oxygen atoms in total. The van der Waals surface area contributed by atoms with Gasteiger partial charge in [0.25, 0.3) is 5.69 Å². The predicted molar refractivity (Wildman–Crippen MR) is 88.6 cm³/mol. The number of hydrogen-bond acceptors (Lipinski definition) is 7. The molecule has 0 fully saturated rings. The molecule has 0 heterocycles. The summed E-state index contributed by atoms with van der Waals surface area (Å²) in [7, 11) is -4.59. The van der Waals surface area contributed by atoms with Gasteiger partial charge in [-0.1, -0.05) is 35.3 Å². The summed E-state index contributed by atoms with van der Waals surface area (Å²) >= 11 is 11.8. The lowest BCUT2D eigenvalue weighted by Gasteiger charge is -2.10. The number of aryl methyl sites for hydroxylation is 1. The Morgan fingerprint density at radius 3 is 2.20 bits per heavy atom. The van der Waals surface area contributed by atoms with E-state index < -0.39 is 25.0 Å². The Morgan fingerprint density at radius 1 is 1.04 bits per heavy atom. The lowest BCUT2D eigenvalue weighted by atomic mass is 10.0. The number of benzene rings is 2. The van der Waals surface area contributed by atoms with E-state index in [9.17, 15) is 28.6 Å². The van der Waals surface area contributed by atoms with Gasteiger partial charge in [0.1, 0.15) is 5.02 Å². The molecule has 0 atom stereocenters. The van der Waals surface area contributed by atoms with Crippen molar-refractivity contribution in [2.45, 2.75) is 11.8 Å². The molecule has 0 aromatic heterocycles. The Morgan fingerprint density at radius 2 is 1.68 bits per heavy atom. The number of rotatable bonds is 5. The third kappa shape index (κ3) is 3.98. The molecule has 2 aromatic carbocycles. The van der Waals surface area contributed by atoms with E-state index in [-0.39, 0.29) is 26.9 Å². The molecule has 0 unspecified atom stereocenters. The molecule has 12 heteroatoms. The Kier molecular flexibility index (Phi) is 5.16. The number of halogens is 2. The molecule has 0 aliphatic heterocycles. The van der Waals surface area contributed by atoms with E-state index >= 15 is 0 Å². The minimum absolute atomic E-state index is 0.118. The van der Waals surface area contributed by atoms with Crippen molar-refractivity contribution in [3.63, 3.8) is 0 Å². The molecule has 0 aliphatic rings. The van der Waals surface area contributed by atoms with Crippen molar-refractivity contribution in [2.24, 2.45) is 0 Å². The van der Waals surface area contributed by atoms with E-state index in [4.69, 9.17) is 23.2 Å². The summed E-state index contributed by atoms with van der Waals surface area (Å²) in [5.74, 6) is 0. The fourth-order valence-corrected chi connectivity index (χ4v) is 3.61. The largest absolute Gasteiger partial charge is 0.334 e. The van der Waals surface area contributed by atoms with E-state index in [1.165, 1.54) is 25.1 Å². The minimum Gasteiger partial charge on any atom is -0.258 e. The maximum Gasteiger partial charge on any atom is 0.334 e. The fraction of sp³-hybridized carbons (Fsp3) is 0.0769. The van der Waals surface area contributed by atoms with Gasteiger partial charge in [-0.2, -0.15) is 12.7 Å². The molecule has 0 saturated heterocycles. The third-order valence-electron chi connectivity index (χ3n) is 3.15. The van der Waals surface area contributed by atoms with Crippen molar-refractivity contribution in [3.05, 3.63) is 66.2 Å². The molecular formula is C13H8Cl2N2O7S. The maximum atomic E-state index is 11.8. The van der Waals surface area contributed by atoms with Gasteiger partial charge in [0, 0.05) is 11.6 Å². The van der Waals surface area contributed by atoms with Gasteiger partial charge in [-0.05, 0) is 30.2 Å². The van der Waals surface area contributed by atoms with Crippen molar-refractivity contribution in [1.29, 1.82) is 0 Å². The van der Waals surface area contributed by atoms with Gasteiger partial charge >= 0.3 is 15.2 Å². The highest BCUT2D eigenvalue weighted by Crippen LogP contribution is 2.37. The Balaban J connectivity index is 2.57. The quantitative estimate of drug-likeness (QED) is 0.545. The maximum absolute atomic E-state index is 11.8. The molecule has 2 rings (SSSR count).